The van der Waals surface area contributed by atoms with Crippen molar-refractivity contribution < 1.29 is 19.5 Å². The number of rotatable bonds is 9. The molecule has 0 radical (unpaired) electrons. The fourth-order valence-corrected chi connectivity index (χ4v) is 1.73. The molecule has 3 amide bonds. The van der Waals surface area contributed by atoms with Gasteiger partial charge in [0.1, 0.15) is 6.54 Å². The van der Waals surface area contributed by atoms with Gasteiger partial charge >= 0.3 is 12.0 Å². The summed E-state index contributed by atoms with van der Waals surface area (Å²) in [5.74, 6) is -0.838. The third kappa shape index (κ3) is 9.70. The first-order chi connectivity index (χ1) is 9.76. The second kappa shape index (κ2) is 10.0. The topological polar surface area (TPSA) is 98.7 Å². The molecule has 0 aliphatic carbocycles. The number of aliphatic carboxylic acids is 1. The summed E-state index contributed by atoms with van der Waals surface area (Å²) in [5.41, 5.74) is 0. The van der Waals surface area contributed by atoms with E-state index < -0.39 is 18.0 Å². The standard InChI is InChI=1S/C14H27N3O4/c1-5-6-11(7-13(19)20)16-14(21)17(4)9-12(18)15-8-10(2)3/h10-11H,5-9H2,1-4H3,(H,15,18)(H,16,21)(H,19,20). The summed E-state index contributed by atoms with van der Waals surface area (Å²) in [6.45, 7) is 6.40. The van der Waals surface area contributed by atoms with Crippen LogP contribution in [0, 0.1) is 5.92 Å². The maximum Gasteiger partial charge on any atom is 0.317 e. The fraction of sp³-hybridized carbons (Fsp3) is 0.786. The van der Waals surface area contributed by atoms with Crippen molar-refractivity contribution in [2.24, 2.45) is 5.92 Å². The van der Waals surface area contributed by atoms with Crippen molar-refractivity contribution in [1.29, 1.82) is 0 Å². The van der Waals surface area contributed by atoms with Crippen LogP contribution in [0.25, 0.3) is 0 Å². The lowest BCUT2D eigenvalue weighted by atomic mass is 10.1. The molecule has 0 rings (SSSR count). The molecule has 0 aliphatic rings. The van der Waals surface area contributed by atoms with Gasteiger partial charge in [0.2, 0.25) is 5.91 Å². The molecule has 0 saturated heterocycles. The van der Waals surface area contributed by atoms with Crippen LogP contribution >= 0.6 is 0 Å². The van der Waals surface area contributed by atoms with Crippen molar-refractivity contribution in [2.45, 2.75) is 46.1 Å². The summed E-state index contributed by atoms with van der Waals surface area (Å²) in [6.07, 6.45) is 1.25. The molecular weight excluding hydrogens is 274 g/mol. The maximum atomic E-state index is 11.9. The van der Waals surface area contributed by atoms with Crippen LogP contribution in [0.15, 0.2) is 0 Å². The quantitative estimate of drug-likeness (QED) is 0.592. The molecule has 0 fully saturated rings. The number of nitrogens with one attached hydrogen (secondary N) is 2. The Kier molecular flexibility index (Phi) is 9.16. The van der Waals surface area contributed by atoms with Crippen LogP contribution in [-0.4, -0.2) is 54.1 Å². The lowest BCUT2D eigenvalue weighted by Crippen LogP contribution is -2.47. The summed E-state index contributed by atoms with van der Waals surface area (Å²) in [5, 5.41) is 14.2. The van der Waals surface area contributed by atoms with E-state index in [1.54, 1.807) is 0 Å². The van der Waals surface area contributed by atoms with Gasteiger partial charge in [-0.2, -0.15) is 0 Å². The van der Waals surface area contributed by atoms with E-state index in [9.17, 15) is 14.4 Å². The van der Waals surface area contributed by atoms with Gasteiger partial charge in [0.25, 0.3) is 0 Å². The zero-order valence-electron chi connectivity index (χ0n) is 13.3. The Morgan fingerprint density at radius 1 is 1.24 bits per heavy atom. The van der Waals surface area contributed by atoms with Crippen LogP contribution in [-0.2, 0) is 9.59 Å². The second-order valence-electron chi connectivity index (χ2n) is 5.59. The molecule has 122 valence electrons. The predicted octanol–water partition coefficient (Wildman–Crippen LogP) is 1.04. The zero-order chi connectivity index (χ0) is 16.4. The van der Waals surface area contributed by atoms with Gasteiger partial charge in [0.15, 0.2) is 0 Å². The van der Waals surface area contributed by atoms with E-state index in [1.165, 1.54) is 11.9 Å². The molecule has 7 heteroatoms. The minimum absolute atomic E-state index is 0.0511. The first-order valence-electron chi connectivity index (χ1n) is 7.26. The number of likely N-dealkylation sites (N-methyl/N-ethyl adjacent to an activating group) is 1. The van der Waals surface area contributed by atoms with Crippen LogP contribution in [0.1, 0.15) is 40.0 Å². The van der Waals surface area contributed by atoms with E-state index in [-0.39, 0.29) is 18.9 Å². The van der Waals surface area contributed by atoms with Gasteiger partial charge in [-0.15, -0.1) is 0 Å². The monoisotopic (exact) mass is 301 g/mol. The van der Waals surface area contributed by atoms with Gasteiger partial charge in [0.05, 0.1) is 6.42 Å². The average molecular weight is 301 g/mol. The first kappa shape index (κ1) is 19.2. The summed E-state index contributed by atoms with van der Waals surface area (Å²) in [4.78, 5) is 35.5. The Hall–Kier alpha value is -1.79. The number of nitrogens with zero attached hydrogens (tertiary/aromatic N) is 1. The minimum Gasteiger partial charge on any atom is -0.481 e. The molecule has 21 heavy (non-hydrogen) atoms. The van der Waals surface area contributed by atoms with E-state index >= 15 is 0 Å². The van der Waals surface area contributed by atoms with Crippen LogP contribution in [0.4, 0.5) is 4.79 Å². The van der Waals surface area contributed by atoms with E-state index in [0.29, 0.717) is 18.9 Å². The van der Waals surface area contributed by atoms with Gasteiger partial charge in [-0.05, 0) is 12.3 Å². The molecule has 0 spiro atoms. The Morgan fingerprint density at radius 2 is 1.86 bits per heavy atom. The zero-order valence-corrected chi connectivity index (χ0v) is 13.3. The van der Waals surface area contributed by atoms with E-state index in [0.717, 1.165) is 6.42 Å². The third-order valence-corrected chi connectivity index (χ3v) is 2.82. The normalized spacial score (nSPS) is 11.9. The predicted molar refractivity (Wildman–Crippen MR) is 80.0 cm³/mol. The molecule has 0 aliphatic heterocycles. The molecule has 0 aromatic heterocycles. The Labute approximate surface area is 126 Å². The largest absolute Gasteiger partial charge is 0.481 e. The van der Waals surface area contributed by atoms with Crippen molar-refractivity contribution >= 4 is 17.9 Å². The van der Waals surface area contributed by atoms with Crippen molar-refractivity contribution in [3.8, 4) is 0 Å². The smallest absolute Gasteiger partial charge is 0.317 e. The molecule has 0 bridgehead atoms. The fourth-order valence-electron chi connectivity index (χ4n) is 1.73. The average Bonchev–Trinajstić information content (AvgIpc) is 2.35. The molecule has 0 aromatic carbocycles. The van der Waals surface area contributed by atoms with Crippen LogP contribution in [0.5, 0.6) is 0 Å². The van der Waals surface area contributed by atoms with Gasteiger partial charge in [-0.3, -0.25) is 9.59 Å². The summed E-state index contributed by atoms with van der Waals surface area (Å²) in [6, 6.07) is -0.851. The van der Waals surface area contributed by atoms with Crippen molar-refractivity contribution in [1.82, 2.24) is 15.5 Å². The Balaban J connectivity index is 4.28. The van der Waals surface area contributed by atoms with Gasteiger partial charge in [-0.25, -0.2) is 4.79 Å². The number of carbonyl (C=O) groups is 3. The number of hydrogen-bond acceptors (Lipinski definition) is 3. The number of carbonyl (C=O) groups excluding carboxylic acids is 2. The third-order valence-electron chi connectivity index (χ3n) is 2.82. The van der Waals surface area contributed by atoms with E-state index in [2.05, 4.69) is 10.6 Å². The lowest BCUT2D eigenvalue weighted by Gasteiger charge is -2.22. The summed E-state index contributed by atoms with van der Waals surface area (Å²) in [7, 11) is 1.51. The number of hydrogen-bond donors (Lipinski definition) is 3. The van der Waals surface area contributed by atoms with E-state index in [1.807, 2.05) is 20.8 Å². The Bertz CT molecular complexity index is 358. The molecule has 1 unspecified atom stereocenters. The number of carboxylic acid groups (broad SMARTS) is 1. The SMILES string of the molecule is CCCC(CC(=O)O)NC(=O)N(C)CC(=O)NCC(C)C. The summed E-state index contributed by atoms with van der Waals surface area (Å²) < 4.78 is 0. The number of urea groups is 1. The van der Waals surface area contributed by atoms with Crippen molar-refractivity contribution in [3.05, 3.63) is 0 Å². The summed E-state index contributed by atoms with van der Waals surface area (Å²) >= 11 is 0. The first-order valence-corrected chi connectivity index (χ1v) is 7.26. The molecule has 3 N–H and O–H groups in total. The molecule has 0 aromatic rings. The van der Waals surface area contributed by atoms with Crippen molar-refractivity contribution in [2.75, 3.05) is 20.1 Å². The minimum atomic E-state index is -0.953. The van der Waals surface area contributed by atoms with Crippen LogP contribution in [0.2, 0.25) is 0 Å². The van der Waals surface area contributed by atoms with Crippen molar-refractivity contribution in [3.63, 3.8) is 0 Å². The van der Waals surface area contributed by atoms with Crippen LogP contribution in [0.3, 0.4) is 0 Å². The highest BCUT2D eigenvalue weighted by Crippen LogP contribution is 2.03. The lowest BCUT2D eigenvalue weighted by molar-refractivity contribution is -0.137. The molecule has 0 saturated carbocycles. The molecule has 1 atom stereocenters. The highest BCUT2D eigenvalue weighted by molar-refractivity contribution is 5.84. The van der Waals surface area contributed by atoms with E-state index in [4.69, 9.17) is 5.11 Å². The molecule has 7 nitrogen and oxygen atoms in total. The highest BCUT2D eigenvalue weighted by atomic mass is 16.4. The second-order valence-corrected chi connectivity index (χ2v) is 5.59. The highest BCUT2D eigenvalue weighted by Gasteiger charge is 2.18. The number of amides is 3. The molecule has 0 heterocycles. The Morgan fingerprint density at radius 3 is 2.33 bits per heavy atom. The number of carboxylic acids is 1. The van der Waals surface area contributed by atoms with Gasteiger partial charge in [0, 0.05) is 19.6 Å². The van der Waals surface area contributed by atoms with Gasteiger partial charge < -0.3 is 20.6 Å². The molecular formula is C14H27N3O4. The maximum absolute atomic E-state index is 11.9. The van der Waals surface area contributed by atoms with Gasteiger partial charge in [-0.1, -0.05) is 27.2 Å². The van der Waals surface area contributed by atoms with Crippen LogP contribution < -0.4 is 10.6 Å².